The molecule has 1 aliphatic rings. The topological polar surface area (TPSA) is 152 Å². The van der Waals surface area contributed by atoms with Gasteiger partial charge < -0.3 is 39.4 Å². The second-order valence-corrected chi connectivity index (χ2v) is 14.8. The maximum Gasteiger partial charge on any atom is 0.306 e. The van der Waals surface area contributed by atoms with E-state index in [1.807, 2.05) is 0 Å². The number of aliphatic hydroxyl groups is 4. The number of rotatable bonds is 35. The Labute approximate surface area is 310 Å². The van der Waals surface area contributed by atoms with Crippen molar-refractivity contribution in [1.29, 1.82) is 0 Å². The Morgan fingerprint density at radius 2 is 0.922 bits per heavy atom. The van der Waals surface area contributed by atoms with Crippen LogP contribution in [0.5, 0.6) is 0 Å². The van der Waals surface area contributed by atoms with E-state index in [1.165, 1.54) is 122 Å². The molecule has 0 aliphatic carbocycles. The van der Waals surface area contributed by atoms with Crippen LogP contribution in [0.4, 0.5) is 0 Å². The summed E-state index contributed by atoms with van der Waals surface area (Å²) in [6.45, 7) is 3.43. The summed E-state index contributed by atoms with van der Waals surface area (Å²) < 4.78 is 22.1. The first-order valence-corrected chi connectivity index (χ1v) is 21.1. The van der Waals surface area contributed by atoms with Gasteiger partial charge in [0, 0.05) is 12.8 Å². The molecular weight excluding hydrogens is 652 g/mol. The molecule has 6 atom stereocenters. The summed E-state index contributed by atoms with van der Waals surface area (Å²) in [5.41, 5.74) is 0. The van der Waals surface area contributed by atoms with Gasteiger partial charge in [-0.3, -0.25) is 9.59 Å². The van der Waals surface area contributed by atoms with Gasteiger partial charge in [-0.25, -0.2) is 0 Å². The lowest BCUT2D eigenvalue weighted by Crippen LogP contribution is -2.59. The summed E-state index contributed by atoms with van der Waals surface area (Å²) in [5, 5.41) is 40.0. The van der Waals surface area contributed by atoms with Crippen molar-refractivity contribution in [1.82, 2.24) is 0 Å². The Balaban J connectivity index is 2.35. The Morgan fingerprint density at radius 3 is 1.33 bits per heavy atom. The van der Waals surface area contributed by atoms with Crippen LogP contribution < -0.4 is 0 Å². The molecule has 0 aromatic carbocycles. The third kappa shape index (κ3) is 25.4. The maximum atomic E-state index is 12.7. The lowest BCUT2D eigenvalue weighted by Gasteiger charge is -2.39. The fourth-order valence-electron chi connectivity index (χ4n) is 6.60. The van der Waals surface area contributed by atoms with E-state index in [0.717, 1.165) is 38.5 Å². The highest BCUT2D eigenvalue weighted by atomic mass is 16.7. The molecular formula is C41H78O10. The van der Waals surface area contributed by atoms with Crippen molar-refractivity contribution in [2.75, 3.05) is 19.8 Å². The average Bonchev–Trinajstić information content (AvgIpc) is 3.13. The molecule has 0 saturated carbocycles. The fraction of sp³-hybridized carbons (Fsp3) is 0.951. The molecule has 0 bridgehead atoms. The molecule has 1 aliphatic heterocycles. The molecule has 10 nitrogen and oxygen atoms in total. The lowest BCUT2D eigenvalue weighted by atomic mass is 9.99. The summed E-state index contributed by atoms with van der Waals surface area (Å²) in [7, 11) is 0. The molecule has 10 heteroatoms. The number of carbonyl (C=O) groups is 2. The first-order valence-electron chi connectivity index (χ1n) is 21.1. The summed E-state index contributed by atoms with van der Waals surface area (Å²) >= 11 is 0. The standard InChI is InChI=1S/C41H78O10/c1-3-5-7-9-11-13-15-17-19-21-23-25-27-29-36(43)48-32-34(33-49-41-40(47)39(46)38(45)35(31-42)51-41)50-37(44)30-28-26-24-22-20-18-16-14-12-10-8-6-4-2/h34-35,38-42,45-47H,3-33H2,1-2H3/t34-,35-,38-,39+,40-,41-/m1/s1. The second-order valence-electron chi connectivity index (χ2n) is 14.8. The summed E-state index contributed by atoms with van der Waals surface area (Å²) in [4.78, 5) is 25.2. The highest BCUT2D eigenvalue weighted by Gasteiger charge is 2.44. The predicted molar refractivity (Wildman–Crippen MR) is 201 cm³/mol. The Hall–Kier alpha value is -1.30. The Morgan fingerprint density at radius 1 is 0.529 bits per heavy atom. The largest absolute Gasteiger partial charge is 0.462 e. The smallest absolute Gasteiger partial charge is 0.306 e. The van der Waals surface area contributed by atoms with Gasteiger partial charge >= 0.3 is 11.9 Å². The molecule has 51 heavy (non-hydrogen) atoms. The number of hydrogen-bond acceptors (Lipinski definition) is 10. The van der Waals surface area contributed by atoms with Crippen molar-refractivity contribution in [3.8, 4) is 0 Å². The highest BCUT2D eigenvalue weighted by molar-refractivity contribution is 5.70. The molecule has 1 saturated heterocycles. The minimum atomic E-state index is -1.59. The third-order valence-electron chi connectivity index (χ3n) is 9.99. The van der Waals surface area contributed by atoms with Crippen LogP contribution in [-0.4, -0.2) is 89.0 Å². The molecule has 1 fully saturated rings. The zero-order valence-electron chi connectivity index (χ0n) is 32.6. The second kappa shape index (κ2) is 33.3. The van der Waals surface area contributed by atoms with Crippen LogP contribution in [0.25, 0.3) is 0 Å². The number of hydrogen-bond donors (Lipinski definition) is 4. The summed E-state index contributed by atoms with van der Waals surface area (Å²) in [6, 6.07) is 0. The van der Waals surface area contributed by atoms with Crippen molar-refractivity contribution < 1.29 is 49.0 Å². The monoisotopic (exact) mass is 731 g/mol. The molecule has 0 aromatic heterocycles. The van der Waals surface area contributed by atoms with E-state index < -0.39 is 49.4 Å². The number of ether oxygens (including phenoxy) is 4. The molecule has 0 unspecified atom stereocenters. The fourth-order valence-corrected chi connectivity index (χ4v) is 6.60. The van der Waals surface area contributed by atoms with Crippen LogP contribution in [-0.2, 0) is 28.5 Å². The molecule has 302 valence electrons. The van der Waals surface area contributed by atoms with Gasteiger partial charge in [0.25, 0.3) is 0 Å². The first-order chi connectivity index (χ1) is 24.8. The average molecular weight is 731 g/mol. The Bertz CT molecular complexity index is 809. The first kappa shape index (κ1) is 47.7. The Kier molecular flexibility index (Phi) is 31.1. The van der Waals surface area contributed by atoms with Crippen LogP contribution >= 0.6 is 0 Å². The zero-order chi connectivity index (χ0) is 37.4. The summed E-state index contributed by atoms with van der Waals surface area (Å²) in [6.07, 6.45) is 23.9. The lowest BCUT2D eigenvalue weighted by molar-refractivity contribution is -0.305. The van der Waals surface area contributed by atoms with Crippen molar-refractivity contribution in [2.45, 2.75) is 230 Å². The molecule has 0 spiro atoms. The van der Waals surface area contributed by atoms with E-state index in [4.69, 9.17) is 18.9 Å². The van der Waals surface area contributed by atoms with E-state index >= 15 is 0 Å². The van der Waals surface area contributed by atoms with Crippen molar-refractivity contribution in [3.05, 3.63) is 0 Å². The molecule has 0 amide bonds. The zero-order valence-corrected chi connectivity index (χ0v) is 32.6. The van der Waals surface area contributed by atoms with Crippen LogP contribution in [0.1, 0.15) is 194 Å². The normalized spacial score (nSPS) is 21.1. The van der Waals surface area contributed by atoms with Crippen LogP contribution in [0.2, 0.25) is 0 Å². The predicted octanol–water partition coefficient (Wildman–Crippen LogP) is 8.22. The number of aliphatic hydroxyl groups excluding tert-OH is 4. The van der Waals surface area contributed by atoms with Crippen molar-refractivity contribution in [3.63, 3.8) is 0 Å². The SMILES string of the molecule is CCCCCCCCCCCCCCCC(=O)OC[C@H](CO[C@@H]1O[C@H](CO)[C@@H](O)[C@H](O)[C@H]1O)OC(=O)CCCCCCCCCCCCCCC. The van der Waals surface area contributed by atoms with Gasteiger partial charge in [-0.15, -0.1) is 0 Å². The van der Waals surface area contributed by atoms with Gasteiger partial charge in [-0.1, -0.05) is 168 Å². The van der Waals surface area contributed by atoms with E-state index in [2.05, 4.69) is 13.8 Å². The number of esters is 2. The van der Waals surface area contributed by atoms with Gasteiger partial charge in [0.1, 0.15) is 31.0 Å². The van der Waals surface area contributed by atoms with E-state index in [-0.39, 0.29) is 32.0 Å². The number of unbranched alkanes of at least 4 members (excludes halogenated alkanes) is 24. The molecule has 4 N–H and O–H groups in total. The van der Waals surface area contributed by atoms with Crippen LogP contribution in [0.15, 0.2) is 0 Å². The van der Waals surface area contributed by atoms with Crippen LogP contribution in [0.3, 0.4) is 0 Å². The van der Waals surface area contributed by atoms with Gasteiger partial charge in [0.15, 0.2) is 12.4 Å². The van der Waals surface area contributed by atoms with Crippen molar-refractivity contribution in [2.24, 2.45) is 0 Å². The van der Waals surface area contributed by atoms with E-state index in [1.54, 1.807) is 0 Å². The quantitative estimate of drug-likeness (QED) is 0.0371. The van der Waals surface area contributed by atoms with Crippen molar-refractivity contribution >= 4 is 11.9 Å². The molecule has 0 radical (unpaired) electrons. The molecule has 1 heterocycles. The summed E-state index contributed by atoms with van der Waals surface area (Å²) in [5.74, 6) is -0.795. The van der Waals surface area contributed by atoms with Gasteiger partial charge in [-0.2, -0.15) is 0 Å². The minimum Gasteiger partial charge on any atom is -0.462 e. The molecule has 0 aromatic rings. The van der Waals surface area contributed by atoms with E-state index in [0.29, 0.717) is 6.42 Å². The number of carbonyl (C=O) groups excluding carboxylic acids is 2. The third-order valence-corrected chi connectivity index (χ3v) is 9.99. The van der Waals surface area contributed by atoms with Gasteiger partial charge in [-0.05, 0) is 12.8 Å². The molecule has 1 rings (SSSR count). The van der Waals surface area contributed by atoms with Crippen LogP contribution in [0, 0.1) is 0 Å². The van der Waals surface area contributed by atoms with Gasteiger partial charge in [0.05, 0.1) is 13.2 Å². The van der Waals surface area contributed by atoms with Gasteiger partial charge in [0.2, 0.25) is 0 Å². The minimum absolute atomic E-state index is 0.209. The maximum absolute atomic E-state index is 12.7. The van der Waals surface area contributed by atoms with E-state index in [9.17, 15) is 30.0 Å². The highest BCUT2D eigenvalue weighted by Crippen LogP contribution is 2.23.